The van der Waals surface area contributed by atoms with E-state index in [1.807, 2.05) is 0 Å². The molecule has 0 radical (unpaired) electrons. The molecule has 0 aliphatic heterocycles. The molecule has 0 heterocycles. The number of alkyl halides is 5. The molecule has 0 aliphatic rings. The summed E-state index contributed by atoms with van der Waals surface area (Å²) >= 11 is 3.17. The van der Waals surface area contributed by atoms with Crippen molar-refractivity contribution < 1.29 is 31.1 Å². The van der Waals surface area contributed by atoms with Crippen molar-refractivity contribution in [3.05, 3.63) is 46.2 Å². The van der Waals surface area contributed by atoms with Crippen molar-refractivity contribution in [2.75, 3.05) is 11.9 Å². The Bertz CT molecular complexity index is 923. The molecule has 0 saturated carbocycles. The fourth-order valence-corrected chi connectivity index (χ4v) is 4.00. The zero-order chi connectivity index (χ0) is 23.8. The molecule has 2 aromatic carbocycles. The third kappa shape index (κ3) is 4.81. The van der Waals surface area contributed by atoms with Crippen molar-refractivity contribution in [3.63, 3.8) is 0 Å². The number of benzene rings is 2. The summed E-state index contributed by atoms with van der Waals surface area (Å²) in [5.74, 6) is -8.72. The maximum Gasteiger partial charge on any atom is 0.260 e. The molecule has 1 atom stereocenters. The summed E-state index contributed by atoms with van der Waals surface area (Å²) in [6.45, 7) is 4.75. The third-order valence-corrected chi connectivity index (χ3v) is 5.94. The Kier molecular flexibility index (Phi) is 7.30. The molecule has 2 aromatic rings. The number of hydrogen-bond donors (Lipinski definition) is 1. The van der Waals surface area contributed by atoms with Crippen LogP contribution in [-0.4, -0.2) is 24.7 Å². The SMILES string of the molecule is CCNc1cccc(-c2c(Br)cc(C(C)(C(C)(F)F)C(C)(F)F)cc2OC(C)F)c1F. The van der Waals surface area contributed by atoms with Gasteiger partial charge in [0, 0.05) is 42.9 Å². The van der Waals surface area contributed by atoms with Crippen molar-refractivity contribution in [1.82, 2.24) is 0 Å². The van der Waals surface area contributed by atoms with Crippen LogP contribution in [0.5, 0.6) is 5.75 Å². The van der Waals surface area contributed by atoms with Crippen LogP contribution in [0, 0.1) is 5.82 Å². The average molecular weight is 512 g/mol. The van der Waals surface area contributed by atoms with E-state index in [4.69, 9.17) is 4.74 Å². The molecule has 1 unspecified atom stereocenters. The first-order valence-electron chi connectivity index (χ1n) is 9.58. The fourth-order valence-electron chi connectivity index (χ4n) is 3.34. The van der Waals surface area contributed by atoms with Crippen molar-refractivity contribution in [2.24, 2.45) is 0 Å². The first kappa shape index (κ1) is 25.4. The van der Waals surface area contributed by atoms with Crippen molar-refractivity contribution in [1.29, 1.82) is 0 Å². The van der Waals surface area contributed by atoms with Crippen LogP contribution in [-0.2, 0) is 5.41 Å². The van der Waals surface area contributed by atoms with Crippen molar-refractivity contribution in [3.8, 4) is 16.9 Å². The molecule has 0 fully saturated rings. The van der Waals surface area contributed by atoms with E-state index in [0.29, 0.717) is 20.4 Å². The van der Waals surface area contributed by atoms with E-state index >= 15 is 4.39 Å². The summed E-state index contributed by atoms with van der Waals surface area (Å²) in [6.07, 6.45) is -1.91. The summed E-state index contributed by atoms with van der Waals surface area (Å²) in [5.41, 5.74) is -3.25. The number of nitrogens with one attached hydrogen (secondary N) is 1. The second-order valence-corrected chi connectivity index (χ2v) is 8.45. The smallest absolute Gasteiger partial charge is 0.260 e. The van der Waals surface area contributed by atoms with E-state index in [0.717, 1.165) is 26.0 Å². The van der Waals surface area contributed by atoms with E-state index < -0.39 is 35.0 Å². The Morgan fingerprint density at radius 1 is 1.06 bits per heavy atom. The van der Waals surface area contributed by atoms with Crippen LogP contribution in [0.3, 0.4) is 0 Å². The highest BCUT2D eigenvalue weighted by molar-refractivity contribution is 9.10. The molecule has 9 heteroatoms. The van der Waals surface area contributed by atoms with E-state index in [1.165, 1.54) is 12.1 Å². The lowest BCUT2D eigenvalue weighted by molar-refractivity contribution is -0.170. The molecular formula is C22H24BrF6NO. The molecule has 1 N–H and O–H groups in total. The Balaban J connectivity index is 2.85. The van der Waals surface area contributed by atoms with Crippen molar-refractivity contribution in [2.45, 2.75) is 58.2 Å². The number of hydrogen-bond acceptors (Lipinski definition) is 2. The van der Waals surface area contributed by atoms with Crippen LogP contribution in [0.2, 0.25) is 0 Å². The molecular weight excluding hydrogens is 488 g/mol. The van der Waals surface area contributed by atoms with Crippen LogP contribution in [0.25, 0.3) is 11.1 Å². The number of anilines is 1. The Labute approximate surface area is 186 Å². The van der Waals surface area contributed by atoms with Gasteiger partial charge in [-0.05, 0) is 37.6 Å². The third-order valence-electron chi connectivity index (χ3n) is 5.31. The topological polar surface area (TPSA) is 21.3 Å². The zero-order valence-corrected chi connectivity index (χ0v) is 19.3. The first-order chi connectivity index (χ1) is 14.1. The fraction of sp³-hybridized carbons (Fsp3) is 0.455. The van der Waals surface area contributed by atoms with Gasteiger partial charge in [-0.3, -0.25) is 0 Å². The molecule has 0 bridgehead atoms. The largest absolute Gasteiger partial charge is 0.460 e. The van der Waals surface area contributed by atoms with E-state index in [2.05, 4.69) is 21.2 Å². The van der Waals surface area contributed by atoms with Gasteiger partial charge < -0.3 is 10.1 Å². The second-order valence-electron chi connectivity index (χ2n) is 7.59. The van der Waals surface area contributed by atoms with Crippen LogP contribution < -0.4 is 10.1 Å². The van der Waals surface area contributed by atoms with E-state index in [1.54, 1.807) is 13.0 Å². The molecule has 0 amide bonds. The highest BCUT2D eigenvalue weighted by atomic mass is 79.9. The highest BCUT2D eigenvalue weighted by Crippen LogP contribution is 2.52. The van der Waals surface area contributed by atoms with Gasteiger partial charge in [0.05, 0.1) is 5.69 Å². The highest BCUT2D eigenvalue weighted by Gasteiger charge is 2.61. The standard InChI is InChI=1S/C22H24BrF6NO/c1-6-30-16-9-7-8-14(19(16)25)18-15(23)10-13(11-17(18)31-12(2)24)20(3,21(4,26)27)22(5,28)29/h7-12,30H,6H2,1-5H3. The molecule has 2 nitrogen and oxygen atoms in total. The number of halogens is 7. The van der Waals surface area contributed by atoms with Gasteiger partial charge >= 0.3 is 0 Å². The molecule has 31 heavy (non-hydrogen) atoms. The van der Waals surface area contributed by atoms with Gasteiger partial charge in [0.15, 0.2) is 5.82 Å². The minimum Gasteiger partial charge on any atom is -0.460 e. The zero-order valence-electron chi connectivity index (χ0n) is 17.7. The summed E-state index contributed by atoms with van der Waals surface area (Å²) in [6, 6.07) is 6.43. The minimum absolute atomic E-state index is 0.00734. The first-order valence-corrected chi connectivity index (χ1v) is 10.4. The van der Waals surface area contributed by atoms with E-state index in [-0.39, 0.29) is 27.0 Å². The summed E-state index contributed by atoms with van der Waals surface area (Å²) in [5, 5.41) is 2.84. The molecule has 0 aliphatic carbocycles. The Morgan fingerprint density at radius 2 is 1.65 bits per heavy atom. The van der Waals surface area contributed by atoms with Gasteiger partial charge in [0.2, 0.25) is 6.36 Å². The minimum atomic E-state index is -3.85. The average Bonchev–Trinajstić information content (AvgIpc) is 2.61. The molecule has 0 aromatic heterocycles. The predicted octanol–water partition coefficient (Wildman–Crippen LogP) is 7.95. The van der Waals surface area contributed by atoms with Crippen LogP contribution in [0.4, 0.5) is 32.0 Å². The van der Waals surface area contributed by atoms with Gasteiger partial charge in [-0.1, -0.05) is 28.1 Å². The summed E-state index contributed by atoms with van der Waals surface area (Å²) in [4.78, 5) is 0. The Hall–Kier alpha value is -1.90. The Morgan fingerprint density at radius 3 is 2.13 bits per heavy atom. The van der Waals surface area contributed by atoms with Gasteiger partial charge in [0.25, 0.3) is 11.8 Å². The van der Waals surface area contributed by atoms with Crippen molar-refractivity contribution >= 4 is 21.6 Å². The summed E-state index contributed by atoms with van der Waals surface area (Å²) in [7, 11) is 0. The van der Waals surface area contributed by atoms with Crippen LogP contribution >= 0.6 is 15.9 Å². The summed E-state index contributed by atoms with van der Waals surface area (Å²) < 4.78 is 91.7. The van der Waals surface area contributed by atoms with Gasteiger partial charge in [-0.2, -0.15) is 0 Å². The maximum atomic E-state index is 15.1. The number of ether oxygens (including phenoxy) is 1. The van der Waals surface area contributed by atoms with Crippen LogP contribution in [0.1, 0.15) is 40.2 Å². The monoisotopic (exact) mass is 511 g/mol. The second kappa shape index (κ2) is 8.92. The lowest BCUT2D eigenvalue weighted by Crippen LogP contribution is -2.53. The molecule has 0 spiro atoms. The number of rotatable bonds is 8. The van der Waals surface area contributed by atoms with Gasteiger partial charge in [-0.15, -0.1) is 0 Å². The lowest BCUT2D eigenvalue weighted by atomic mass is 9.72. The molecule has 172 valence electrons. The predicted molar refractivity (Wildman–Crippen MR) is 113 cm³/mol. The maximum absolute atomic E-state index is 15.1. The van der Waals surface area contributed by atoms with Gasteiger partial charge in [0.1, 0.15) is 11.2 Å². The normalized spacial score (nSPS) is 13.8. The quantitative estimate of drug-likeness (QED) is 0.363. The molecule has 0 saturated heterocycles. The van der Waals surface area contributed by atoms with E-state index in [9.17, 15) is 22.0 Å². The van der Waals surface area contributed by atoms with Crippen LogP contribution in [0.15, 0.2) is 34.8 Å². The van der Waals surface area contributed by atoms with Gasteiger partial charge in [-0.25, -0.2) is 26.3 Å². The lowest BCUT2D eigenvalue weighted by Gasteiger charge is -2.40. The molecule has 2 rings (SSSR count).